The zero-order valence-electron chi connectivity index (χ0n) is 23.3. The van der Waals surface area contributed by atoms with Gasteiger partial charge >= 0.3 is 18.0 Å². The number of carboxylic acids is 1. The fourth-order valence-corrected chi connectivity index (χ4v) is 6.66. The maximum absolute atomic E-state index is 14.4. The SMILES string of the molecule is CC(C)(C)OC(=O)CC12C(=O)CC(CC(=O)O)[N+]1([O-])CCNC2NC(=O)OCC1c2ccccc2-c2ccccc21. The fraction of sp³-hybridized carbons (Fsp3) is 0.467. The summed E-state index contributed by atoms with van der Waals surface area (Å²) in [7, 11) is 0. The molecule has 218 valence electrons. The Bertz CT molecular complexity index is 1340. The van der Waals surface area contributed by atoms with E-state index in [0.717, 1.165) is 22.3 Å². The van der Waals surface area contributed by atoms with E-state index >= 15 is 0 Å². The molecule has 0 spiro atoms. The Hall–Kier alpha value is -3.80. The molecular formula is C30H35N3O8. The van der Waals surface area contributed by atoms with Crippen LogP contribution >= 0.6 is 0 Å². The lowest BCUT2D eigenvalue weighted by Gasteiger charge is -2.59. The number of piperazine rings is 1. The maximum atomic E-state index is 14.4. The second kappa shape index (κ2) is 10.6. The molecule has 3 N–H and O–H groups in total. The molecule has 11 heteroatoms. The molecule has 2 aromatic carbocycles. The van der Waals surface area contributed by atoms with Crippen molar-refractivity contribution in [1.29, 1.82) is 0 Å². The van der Waals surface area contributed by atoms with Crippen LogP contribution in [0, 0.1) is 5.21 Å². The zero-order chi connectivity index (χ0) is 29.6. The van der Waals surface area contributed by atoms with Gasteiger partial charge in [-0.1, -0.05) is 48.5 Å². The Labute approximate surface area is 238 Å². The van der Waals surface area contributed by atoms with Crippen LogP contribution < -0.4 is 10.6 Å². The van der Waals surface area contributed by atoms with Crippen molar-refractivity contribution in [2.45, 2.75) is 69.3 Å². The van der Waals surface area contributed by atoms with Crippen molar-refractivity contribution in [3.63, 3.8) is 0 Å². The van der Waals surface area contributed by atoms with Crippen molar-refractivity contribution < 1.29 is 38.4 Å². The van der Waals surface area contributed by atoms with E-state index in [4.69, 9.17) is 9.47 Å². The number of amides is 1. The molecule has 11 nitrogen and oxygen atoms in total. The summed E-state index contributed by atoms with van der Waals surface area (Å²) in [5, 5.41) is 29.5. The Morgan fingerprint density at radius 1 is 1.10 bits per heavy atom. The van der Waals surface area contributed by atoms with Gasteiger partial charge in [0.1, 0.15) is 30.8 Å². The van der Waals surface area contributed by atoms with Crippen LogP contribution in [0.25, 0.3) is 11.1 Å². The molecule has 2 saturated heterocycles. The number of hydroxylamine groups is 3. The number of nitrogens with one attached hydrogen (secondary N) is 2. The van der Waals surface area contributed by atoms with Crippen LogP contribution in [0.4, 0.5) is 4.79 Å². The molecule has 2 aromatic rings. The van der Waals surface area contributed by atoms with Crippen molar-refractivity contribution in [3.8, 4) is 11.1 Å². The molecule has 0 bridgehead atoms. The number of carbonyl (C=O) groups is 4. The number of rotatable bonds is 7. The summed E-state index contributed by atoms with van der Waals surface area (Å²) in [6, 6.07) is 14.7. The van der Waals surface area contributed by atoms with Crippen LogP contribution in [-0.4, -0.2) is 76.6 Å². The first-order valence-electron chi connectivity index (χ1n) is 13.8. The highest BCUT2D eigenvalue weighted by atomic mass is 16.6. The van der Waals surface area contributed by atoms with Crippen LogP contribution in [0.3, 0.4) is 0 Å². The molecule has 2 fully saturated rings. The molecule has 4 atom stereocenters. The number of fused-ring (bicyclic) bond motifs is 4. The molecule has 2 aliphatic heterocycles. The first-order valence-corrected chi connectivity index (χ1v) is 13.8. The minimum Gasteiger partial charge on any atom is -0.632 e. The monoisotopic (exact) mass is 565 g/mol. The molecule has 0 saturated carbocycles. The highest BCUT2D eigenvalue weighted by Crippen LogP contribution is 2.47. The van der Waals surface area contributed by atoms with Crippen LogP contribution in [0.15, 0.2) is 48.5 Å². The number of nitrogens with zero attached hydrogens (tertiary/aromatic N) is 1. The average molecular weight is 566 g/mol. The Balaban J connectivity index is 1.39. The number of carboxylic acid groups (broad SMARTS) is 1. The van der Waals surface area contributed by atoms with E-state index in [0.29, 0.717) is 0 Å². The lowest BCUT2D eigenvalue weighted by Crippen LogP contribution is -2.80. The highest BCUT2D eigenvalue weighted by molar-refractivity contribution is 5.95. The molecule has 3 aliphatic rings. The van der Waals surface area contributed by atoms with Gasteiger partial charge in [-0.05, 0) is 43.0 Å². The number of benzene rings is 2. The van der Waals surface area contributed by atoms with Crippen LogP contribution in [-0.2, 0) is 23.9 Å². The minimum absolute atomic E-state index is 0.0125. The topological polar surface area (TPSA) is 154 Å². The lowest BCUT2D eigenvalue weighted by atomic mass is 9.84. The van der Waals surface area contributed by atoms with E-state index in [9.17, 15) is 29.5 Å². The number of esters is 1. The quantitative estimate of drug-likeness (QED) is 0.261. The second-order valence-corrected chi connectivity index (χ2v) is 11.9. The minimum atomic E-state index is -2.01. The van der Waals surface area contributed by atoms with E-state index in [1.165, 1.54) is 0 Å². The Kier molecular flexibility index (Phi) is 7.39. The molecule has 1 amide bonds. The van der Waals surface area contributed by atoms with Gasteiger partial charge in [-0.3, -0.25) is 25.0 Å². The average Bonchev–Trinajstić information content (AvgIpc) is 3.31. The number of quaternary nitrogens is 1. The Morgan fingerprint density at radius 3 is 2.29 bits per heavy atom. The number of carbonyl (C=O) groups excluding carboxylic acids is 3. The van der Waals surface area contributed by atoms with E-state index in [1.54, 1.807) is 20.8 Å². The summed E-state index contributed by atoms with van der Waals surface area (Å²) in [6.07, 6.45) is -3.63. The van der Waals surface area contributed by atoms with Gasteiger partial charge in [0.2, 0.25) is 11.3 Å². The second-order valence-electron chi connectivity index (χ2n) is 11.9. The predicted octanol–water partition coefficient (Wildman–Crippen LogP) is 3.06. The number of ketones is 1. The molecule has 4 unspecified atom stereocenters. The Morgan fingerprint density at radius 2 is 1.71 bits per heavy atom. The third kappa shape index (κ3) is 5.09. The number of hydrogen-bond donors (Lipinski definition) is 3. The van der Waals surface area contributed by atoms with E-state index in [1.807, 2.05) is 48.5 Å². The molecule has 2 heterocycles. The van der Waals surface area contributed by atoms with Gasteiger partial charge in [0.25, 0.3) is 0 Å². The van der Waals surface area contributed by atoms with Gasteiger partial charge in [-0.15, -0.1) is 0 Å². The number of aliphatic carboxylic acids is 1. The third-order valence-corrected chi connectivity index (χ3v) is 8.29. The summed E-state index contributed by atoms with van der Waals surface area (Å²) in [4.78, 5) is 51.4. The first kappa shape index (κ1) is 28.7. The van der Waals surface area contributed by atoms with Crippen molar-refractivity contribution in [2.24, 2.45) is 0 Å². The smallest absolute Gasteiger partial charge is 0.408 e. The molecule has 0 aromatic heterocycles. The van der Waals surface area contributed by atoms with Gasteiger partial charge in [-0.25, -0.2) is 4.79 Å². The van der Waals surface area contributed by atoms with E-state index in [2.05, 4.69) is 10.6 Å². The number of Topliss-reactive ketones (excluding diaryl/α,β-unsaturated/α-hetero) is 1. The van der Waals surface area contributed by atoms with Gasteiger partial charge in [-0.2, -0.15) is 0 Å². The zero-order valence-corrected chi connectivity index (χ0v) is 23.3. The van der Waals surface area contributed by atoms with E-state index in [-0.39, 0.29) is 32.0 Å². The van der Waals surface area contributed by atoms with Crippen molar-refractivity contribution in [1.82, 2.24) is 10.6 Å². The van der Waals surface area contributed by atoms with Crippen LogP contribution in [0.5, 0.6) is 0 Å². The van der Waals surface area contributed by atoms with Gasteiger partial charge < -0.3 is 24.4 Å². The molecule has 0 radical (unpaired) electrons. The molecular weight excluding hydrogens is 530 g/mol. The number of hydrogen-bond acceptors (Lipinski definition) is 8. The van der Waals surface area contributed by atoms with Crippen LogP contribution in [0.2, 0.25) is 0 Å². The largest absolute Gasteiger partial charge is 0.632 e. The molecule has 1 aliphatic carbocycles. The number of ether oxygens (including phenoxy) is 2. The first-order chi connectivity index (χ1) is 19.4. The summed E-state index contributed by atoms with van der Waals surface area (Å²) >= 11 is 0. The van der Waals surface area contributed by atoms with Crippen molar-refractivity contribution in [3.05, 3.63) is 64.9 Å². The maximum Gasteiger partial charge on any atom is 0.408 e. The predicted molar refractivity (Wildman–Crippen MR) is 147 cm³/mol. The summed E-state index contributed by atoms with van der Waals surface area (Å²) < 4.78 is 9.88. The van der Waals surface area contributed by atoms with E-state index < -0.39 is 64.7 Å². The van der Waals surface area contributed by atoms with Gasteiger partial charge in [0, 0.05) is 12.5 Å². The molecule has 41 heavy (non-hydrogen) atoms. The van der Waals surface area contributed by atoms with Gasteiger partial charge in [0.05, 0.1) is 19.4 Å². The fourth-order valence-electron chi connectivity index (χ4n) is 6.66. The lowest BCUT2D eigenvalue weighted by molar-refractivity contribution is -0.940. The van der Waals surface area contributed by atoms with Crippen LogP contribution in [0.1, 0.15) is 57.1 Å². The molecule has 5 rings (SSSR count). The van der Waals surface area contributed by atoms with Gasteiger partial charge in [0.15, 0.2) is 0 Å². The summed E-state index contributed by atoms with van der Waals surface area (Å²) in [5.41, 5.74) is 1.29. The third-order valence-electron chi connectivity index (χ3n) is 8.29. The number of alkyl carbamates (subject to hydrolysis) is 1. The summed E-state index contributed by atoms with van der Waals surface area (Å²) in [6.45, 7) is 4.95. The highest BCUT2D eigenvalue weighted by Gasteiger charge is 2.68. The summed E-state index contributed by atoms with van der Waals surface area (Å²) in [5.74, 6) is -2.81. The van der Waals surface area contributed by atoms with Crippen molar-refractivity contribution in [2.75, 3.05) is 19.7 Å². The standard InChI is InChI=1S/C30H35N3O8/c1-29(2,3)41-26(37)16-30-24(34)14-18(15-25(35)36)33(30,39)13-12-31-27(30)32-28(38)40-17-23-21-10-6-4-8-19(21)20-9-5-7-11-22(20)23/h4-11,18,23,27,31H,12-17H2,1-3H3,(H,32,38)(H,35,36). The normalized spacial score (nSPS) is 27.0. The van der Waals surface area contributed by atoms with Crippen molar-refractivity contribution >= 4 is 23.8 Å².